The van der Waals surface area contributed by atoms with E-state index in [4.69, 9.17) is 11.6 Å². The van der Waals surface area contributed by atoms with E-state index in [0.717, 1.165) is 35.6 Å². The van der Waals surface area contributed by atoms with Crippen molar-refractivity contribution in [1.82, 2.24) is 0 Å². The van der Waals surface area contributed by atoms with Crippen LogP contribution < -0.4 is 9.62 Å². The van der Waals surface area contributed by atoms with Crippen molar-refractivity contribution in [3.8, 4) is 0 Å². The first-order valence-electron chi connectivity index (χ1n) is 9.00. The average molecular weight is 463 g/mol. The maximum atomic E-state index is 12.8. The molecule has 0 atom stereocenters. The first-order valence-corrected chi connectivity index (χ1v) is 11.2. The van der Waals surface area contributed by atoms with Crippen molar-refractivity contribution in [1.29, 1.82) is 0 Å². The second kappa shape index (κ2) is 9.26. The molecular weight excluding hydrogens is 441 g/mol. The molecule has 1 N–H and O–H groups in total. The van der Waals surface area contributed by atoms with Gasteiger partial charge in [0, 0.05) is 13.0 Å². The first-order chi connectivity index (χ1) is 13.8. The molecule has 0 heterocycles. The molecule has 0 saturated carbocycles. The van der Waals surface area contributed by atoms with E-state index in [0.29, 0.717) is 5.69 Å². The molecule has 0 aliphatic carbocycles. The van der Waals surface area contributed by atoms with Crippen molar-refractivity contribution in [2.75, 3.05) is 22.4 Å². The molecule has 1 amide bonds. The lowest BCUT2D eigenvalue weighted by atomic mass is 10.1. The molecule has 0 spiro atoms. The summed E-state index contributed by atoms with van der Waals surface area (Å²) in [5.41, 5.74) is 1.22. The fourth-order valence-corrected chi connectivity index (χ4v) is 4.09. The highest BCUT2D eigenvalue weighted by Crippen LogP contribution is 2.34. The first kappa shape index (κ1) is 24.0. The number of anilines is 2. The molecule has 0 bridgehead atoms. The Morgan fingerprint density at radius 1 is 1.10 bits per heavy atom. The van der Waals surface area contributed by atoms with Crippen molar-refractivity contribution < 1.29 is 26.4 Å². The molecule has 0 fully saturated rings. The number of alkyl halides is 3. The highest BCUT2D eigenvalue weighted by molar-refractivity contribution is 7.92. The SMILES string of the molecule is Cc1cc(C)cc(N(CCCC(=O)Nc2cc(C(F)(F)F)ccc2Cl)S(C)(=O)=O)c1. The molecule has 0 saturated heterocycles. The van der Waals surface area contributed by atoms with E-state index in [1.807, 2.05) is 19.9 Å². The Morgan fingerprint density at radius 3 is 2.23 bits per heavy atom. The zero-order chi connectivity index (χ0) is 22.7. The molecule has 0 radical (unpaired) electrons. The Kier molecular flexibility index (Phi) is 7.41. The maximum absolute atomic E-state index is 12.8. The summed E-state index contributed by atoms with van der Waals surface area (Å²) in [5.74, 6) is -0.565. The lowest BCUT2D eigenvalue weighted by Gasteiger charge is -2.23. The van der Waals surface area contributed by atoms with E-state index >= 15 is 0 Å². The standard InChI is InChI=1S/C20H22ClF3N2O3S/c1-13-9-14(2)11-16(10-13)26(30(3,28)29)8-4-5-19(27)25-18-12-15(20(22,23)24)6-7-17(18)21/h6-7,9-12H,4-5,8H2,1-3H3,(H,25,27). The van der Waals surface area contributed by atoms with Gasteiger partial charge in [-0.3, -0.25) is 9.10 Å². The number of benzene rings is 2. The predicted molar refractivity (Wildman–Crippen MR) is 112 cm³/mol. The average Bonchev–Trinajstić information content (AvgIpc) is 2.57. The summed E-state index contributed by atoms with van der Waals surface area (Å²) in [6.45, 7) is 3.75. The third-order valence-electron chi connectivity index (χ3n) is 4.23. The fourth-order valence-electron chi connectivity index (χ4n) is 2.97. The number of carbonyl (C=O) groups is 1. The minimum Gasteiger partial charge on any atom is -0.325 e. The Morgan fingerprint density at radius 2 is 1.70 bits per heavy atom. The van der Waals surface area contributed by atoms with Crippen molar-refractivity contribution in [2.45, 2.75) is 32.9 Å². The molecule has 10 heteroatoms. The van der Waals surface area contributed by atoms with Gasteiger partial charge in [-0.2, -0.15) is 13.2 Å². The summed E-state index contributed by atoms with van der Waals surface area (Å²) in [5, 5.41) is 2.33. The minimum atomic E-state index is -4.56. The number of sulfonamides is 1. The molecule has 164 valence electrons. The molecule has 0 unspecified atom stereocenters. The van der Waals surface area contributed by atoms with Crippen molar-refractivity contribution in [2.24, 2.45) is 0 Å². The number of nitrogens with one attached hydrogen (secondary N) is 1. The van der Waals surface area contributed by atoms with E-state index in [1.54, 1.807) is 12.1 Å². The molecule has 2 aromatic rings. The molecule has 0 aliphatic rings. The molecule has 2 rings (SSSR count). The Balaban J connectivity index is 2.06. The maximum Gasteiger partial charge on any atom is 0.416 e. The van der Waals surface area contributed by atoms with Gasteiger partial charge in [-0.25, -0.2) is 8.42 Å². The van der Waals surface area contributed by atoms with Crippen LogP contribution in [-0.4, -0.2) is 27.1 Å². The Labute approximate surface area is 178 Å². The van der Waals surface area contributed by atoms with Crippen molar-refractivity contribution in [3.05, 3.63) is 58.1 Å². The van der Waals surface area contributed by atoms with Crippen LogP contribution in [-0.2, 0) is 21.0 Å². The third kappa shape index (κ3) is 6.63. The molecule has 5 nitrogen and oxygen atoms in total. The van der Waals surface area contributed by atoms with Crippen LogP contribution in [0.4, 0.5) is 24.5 Å². The Bertz CT molecular complexity index is 1020. The quantitative estimate of drug-likeness (QED) is 0.618. The third-order valence-corrected chi connectivity index (χ3v) is 5.75. The monoisotopic (exact) mass is 462 g/mol. The molecular formula is C20H22ClF3N2O3S. The van der Waals surface area contributed by atoms with Gasteiger partial charge in [0.05, 0.1) is 28.2 Å². The van der Waals surface area contributed by atoms with Gasteiger partial charge in [-0.05, 0) is 61.7 Å². The number of nitrogens with zero attached hydrogens (tertiary/aromatic N) is 1. The summed E-state index contributed by atoms with van der Waals surface area (Å²) in [4.78, 5) is 12.2. The van der Waals surface area contributed by atoms with Crippen LogP contribution in [0.2, 0.25) is 5.02 Å². The summed E-state index contributed by atoms with van der Waals surface area (Å²) in [7, 11) is -3.58. The normalized spacial score (nSPS) is 12.0. The minimum absolute atomic E-state index is 0.0238. The van der Waals surface area contributed by atoms with Crippen molar-refractivity contribution in [3.63, 3.8) is 0 Å². The van der Waals surface area contributed by atoms with Crippen LogP contribution in [0.25, 0.3) is 0 Å². The zero-order valence-electron chi connectivity index (χ0n) is 16.7. The van der Waals surface area contributed by atoms with Gasteiger partial charge >= 0.3 is 6.18 Å². The van der Waals surface area contributed by atoms with Crippen LogP contribution in [0.15, 0.2) is 36.4 Å². The van der Waals surface area contributed by atoms with E-state index in [9.17, 15) is 26.4 Å². The molecule has 2 aromatic carbocycles. The summed E-state index contributed by atoms with van der Waals surface area (Å²) < 4.78 is 64.1. The van der Waals surface area contributed by atoms with E-state index in [2.05, 4.69) is 5.32 Å². The fraction of sp³-hybridized carbons (Fsp3) is 0.350. The zero-order valence-corrected chi connectivity index (χ0v) is 18.2. The van der Waals surface area contributed by atoms with Crippen LogP contribution in [0.3, 0.4) is 0 Å². The van der Waals surface area contributed by atoms with Gasteiger partial charge in [0.25, 0.3) is 0 Å². The van der Waals surface area contributed by atoms with Crippen LogP contribution >= 0.6 is 11.6 Å². The highest BCUT2D eigenvalue weighted by atomic mass is 35.5. The summed E-state index contributed by atoms with van der Waals surface area (Å²) in [6, 6.07) is 8.03. The number of carbonyl (C=O) groups excluding carboxylic acids is 1. The summed E-state index contributed by atoms with van der Waals surface area (Å²) in [6.07, 6.45) is -3.41. The smallest absolute Gasteiger partial charge is 0.325 e. The van der Waals surface area contributed by atoms with Gasteiger partial charge in [0.1, 0.15) is 0 Å². The lowest BCUT2D eigenvalue weighted by molar-refractivity contribution is -0.137. The number of aryl methyl sites for hydroxylation is 2. The number of hydrogen-bond acceptors (Lipinski definition) is 3. The predicted octanol–water partition coefficient (Wildman–Crippen LogP) is 5.16. The number of hydrogen-bond donors (Lipinski definition) is 1. The number of halogens is 4. The molecule has 0 aliphatic heterocycles. The van der Waals surface area contributed by atoms with E-state index in [1.165, 1.54) is 4.31 Å². The van der Waals surface area contributed by atoms with Crippen LogP contribution in [0, 0.1) is 13.8 Å². The molecule has 0 aromatic heterocycles. The lowest BCUT2D eigenvalue weighted by Crippen LogP contribution is -2.31. The number of amides is 1. The van der Waals surface area contributed by atoms with E-state index in [-0.39, 0.29) is 30.1 Å². The highest BCUT2D eigenvalue weighted by Gasteiger charge is 2.31. The van der Waals surface area contributed by atoms with E-state index < -0.39 is 27.7 Å². The van der Waals surface area contributed by atoms with Gasteiger partial charge in [-0.15, -0.1) is 0 Å². The molecule has 30 heavy (non-hydrogen) atoms. The van der Waals surface area contributed by atoms with Crippen molar-refractivity contribution >= 4 is 38.9 Å². The van der Waals surface area contributed by atoms with Gasteiger partial charge in [0.15, 0.2) is 0 Å². The van der Waals surface area contributed by atoms with Crippen LogP contribution in [0.1, 0.15) is 29.5 Å². The number of rotatable bonds is 7. The summed E-state index contributed by atoms with van der Waals surface area (Å²) >= 11 is 5.87. The second-order valence-corrected chi connectivity index (χ2v) is 9.34. The topological polar surface area (TPSA) is 66.5 Å². The second-order valence-electron chi connectivity index (χ2n) is 7.03. The Hall–Kier alpha value is -2.26. The van der Waals surface area contributed by atoms with Gasteiger partial charge in [-0.1, -0.05) is 17.7 Å². The van der Waals surface area contributed by atoms with Gasteiger partial charge in [0.2, 0.25) is 15.9 Å². The largest absolute Gasteiger partial charge is 0.416 e. The van der Waals surface area contributed by atoms with Gasteiger partial charge < -0.3 is 5.32 Å². The van der Waals surface area contributed by atoms with Crippen LogP contribution in [0.5, 0.6) is 0 Å².